The third-order valence-corrected chi connectivity index (χ3v) is 5.02. The van der Waals surface area contributed by atoms with Crippen LogP contribution in [0.25, 0.3) is 5.69 Å². The third-order valence-electron chi connectivity index (χ3n) is 3.98. The van der Waals surface area contributed by atoms with E-state index in [2.05, 4.69) is 26.9 Å². The molecule has 6 nitrogen and oxygen atoms in total. The number of hydrogen-bond acceptors (Lipinski definition) is 5. The van der Waals surface area contributed by atoms with Crippen molar-refractivity contribution in [1.82, 2.24) is 25.5 Å². The fourth-order valence-corrected chi connectivity index (χ4v) is 3.41. The summed E-state index contributed by atoms with van der Waals surface area (Å²) in [5.74, 6) is -0.0472. The molecule has 1 N–H and O–H groups in total. The summed E-state index contributed by atoms with van der Waals surface area (Å²) in [5.41, 5.74) is 4.25. The fraction of sp³-hybridized carbons (Fsp3) is 0.263. The van der Waals surface area contributed by atoms with Gasteiger partial charge < -0.3 is 5.32 Å². The van der Waals surface area contributed by atoms with Gasteiger partial charge in [0.25, 0.3) is 0 Å². The van der Waals surface area contributed by atoms with Gasteiger partial charge >= 0.3 is 0 Å². The predicted molar refractivity (Wildman–Crippen MR) is 102 cm³/mol. The summed E-state index contributed by atoms with van der Waals surface area (Å²) in [7, 11) is 0. The van der Waals surface area contributed by atoms with Crippen LogP contribution in [0.1, 0.15) is 23.6 Å². The zero-order chi connectivity index (χ0) is 18.5. The Labute approximate surface area is 157 Å². The Hall–Kier alpha value is -2.67. The first kappa shape index (κ1) is 18.1. The van der Waals surface area contributed by atoms with Crippen molar-refractivity contribution < 1.29 is 4.79 Å². The average molecular weight is 367 g/mol. The van der Waals surface area contributed by atoms with Gasteiger partial charge in [0.1, 0.15) is 0 Å². The number of nitrogens with one attached hydrogen (secondary N) is 1. The molecule has 1 aromatic heterocycles. The molecule has 0 radical (unpaired) electrons. The molecular formula is C19H21N5OS. The molecule has 1 amide bonds. The maximum absolute atomic E-state index is 12.4. The molecule has 0 fully saturated rings. The number of nitrogens with zero attached hydrogens (tertiary/aromatic N) is 4. The molecule has 26 heavy (non-hydrogen) atoms. The second kappa shape index (κ2) is 8.14. The van der Waals surface area contributed by atoms with Crippen LogP contribution in [0.4, 0.5) is 0 Å². The zero-order valence-corrected chi connectivity index (χ0v) is 15.8. The van der Waals surface area contributed by atoms with Crippen molar-refractivity contribution in [2.45, 2.75) is 37.7 Å². The number of thioether (sulfide) groups is 1. The van der Waals surface area contributed by atoms with Gasteiger partial charge in [0.15, 0.2) is 0 Å². The molecular weight excluding hydrogens is 346 g/mol. The summed E-state index contributed by atoms with van der Waals surface area (Å²) in [5, 5.41) is 15.2. The molecule has 3 aromatic rings. The Morgan fingerprint density at radius 3 is 2.69 bits per heavy atom. The number of amides is 1. The summed E-state index contributed by atoms with van der Waals surface area (Å²) >= 11 is 1.34. The topological polar surface area (TPSA) is 72.7 Å². The van der Waals surface area contributed by atoms with Crippen molar-refractivity contribution in [3.63, 3.8) is 0 Å². The van der Waals surface area contributed by atoms with E-state index in [1.807, 2.05) is 63.2 Å². The van der Waals surface area contributed by atoms with Crippen molar-refractivity contribution in [2.75, 3.05) is 0 Å². The lowest BCUT2D eigenvalue weighted by Gasteiger charge is -2.13. The first-order valence-electron chi connectivity index (χ1n) is 8.39. The number of rotatable bonds is 6. The van der Waals surface area contributed by atoms with Crippen LogP contribution in [0.2, 0.25) is 0 Å². The van der Waals surface area contributed by atoms with Gasteiger partial charge in [0.2, 0.25) is 11.1 Å². The minimum atomic E-state index is -0.311. The smallest absolute Gasteiger partial charge is 0.233 e. The maximum Gasteiger partial charge on any atom is 0.233 e. The molecule has 0 aliphatic rings. The van der Waals surface area contributed by atoms with Gasteiger partial charge in [-0.05, 0) is 48.4 Å². The van der Waals surface area contributed by atoms with Gasteiger partial charge in [0, 0.05) is 6.54 Å². The van der Waals surface area contributed by atoms with Crippen LogP contribution in [0.15, 0.2) is 53.7 Å². The summed E-state index contributed by atoms with van der Waals surface area (Å²) in [6, 6.07) is 15.9. The molecule has 1 heterocycles. The second-order valence-electron chi connectivity index (χ2n) is 6.13. The van der Waals surface area contributed by atoms with Gasteiger partial charge in [-0.25, -0.2) is 0 Å². The van der Waals surface area contributed by atoms with Crippen LogP contribution in [-0.4, -0.2) is 31.4 Å². The molecule has 0 saturated carbocycles. The number of carbonyl (C=O) groups is 1. The first-order chi connectivity index (χ1) is 12.5. The number of aryl methyl sites for hydroxylation is 2. The highest BCUT2D eigenvalue weighted by atomic mass is 32.2. The van der Waals surface area contributed by atoms with Crippen molar-refractivity contribution in [2.24, 2.45) is 0 Å². The molecule has 3 rings (SSSR count). The number of benzene rings is 2. The molecule has 1 atom stereocenters. The number of carbonyl (C=O) groups excluding carboxylic acids is 1. The Morgan fingerprint density at radius 2 is 1.96 bits per heavy atom. The van der Waals surface area contributed by atoms with Crippen LogP contribution in [-0.2, 0) is 11.3 Å². The van der Waals surface area contributed by atoms with Crippen LogP contribution in [0.3, 0.4) is 0 Å². The quantitative estimate of drug-likeness (QED) is 0.678. The normalized spacial score (nSPS) is 12.0. The molecule has 0 aliphatic heterocycles. The molecule has 1 unspecified atom stereocenters. The third kappa shape index (κ3) is 4.29. The summed E-state index contributed by atoms with van der Waals surface area (Å²) in [6.07, 6.45) is 0. The molecule has 0 saturated heterocycles. The minimum Gasteiger partial charge on any atom is -0.351 e. The molecule has 0 spiro atoms. The van der Waals surface area contributed by atoms with Crippen molar-refractivity contribution in [1.29, 1.82) is 0 Å². The molecule has 7 heteroatoms. The zero-order valence-electron chi connectivity index (χ0n) is 15.0. The van der Waals surface area contributed by atoms with Gasteiger partial charge in [-0.15, -0.1) is 5.10 Å². The molecule has 2 aromatic carbocycles. The summed E-state index contributed by atoms with van der Waals surface area (Å²) in [4.78, 5) is 12.4. The van der Waals surface area contributed by atoms with Crippen molar-refractivity contribution >= 4 is 17.7 Å². The second-order valence-corrected chi connectivity index (χ2v) is 7.43. The first-order valence-corrected chi connectivity index (χ1v) is 9.27. The van der Waals surface area contributed by atoms with Crippen LogP contribution in [0, 0.1) is 13.8 Å². The highest BCUT2D eigenvalue weighted by Gasteiger charge is 2.19. The largest absolute Gasteiger partial charge is 0.351 e. The van der Waals surface area contributed by atoms with Gasteiger partial charge in [-0.1, -0.05) is 59.8 Å². The summed E-state index contributed by atoms with van der Waals surface area (Å²) in [6.45, 7) is 6.43. The maximum atomic E-state index is 12.4. The Balaban J connectivity index is 1.67. The van der Waals surface area contributed by atoms with E-state index in [9.17, 15) is 4.79 Å². The Kier molecular flexibility index (Phi) is 5.68. The van der Waals surface area contributed by atoms with E-state index < -0.39 is 0 Å². The van der Waals surface area contributed by atoms with Crippen LogP contribution < -0.4 is 5.32 Å². The highest BCUT2D eigenvalue weighted by molar-refractivity contribution is 8.00. The monoisotopic (exact) mass is 367 g/mol. The summed E-state index contributed by atoms with van der Waals surface area (Å²) < 4.78 is 1.68. The molecule has 0 aliphatic carbocycles. The number of hydrogen-bond donors (Lipinski definition) is 1. The lowest BCUT2D eigenvalue weighted by Crippen LogP contribution is -2.30. The predicted octanol–water partition coefficient (Wildman–Crippen LogP) is 3.08. The standard InChI is InChI=1S/C19H21N5OS/c1-13-9-10-17(14(2)11-13)24-19(21-22-23-24)26-15(3)18(25)20-12-16-7-5-4-6-8-16/h4-11,15H,12H2,1-3H3,(H,20,25). The lowest BCUT2D eigenvalue weighted by atomic mass is 10.1. The molecule has 0 bridgehead atoms. The van der Waals surface area contributed by atoms with Crippen LogP contribution >= 0.6 is 11.8 Å². The van der Waals surface area contributed by atoms with E-state index in [0.717, 1.165) is 16.8 Å². The van der Waals surface area contributed by atoms with Crippen molar-refractivity contribution in [3.05, 3.63) is 65.2 Å². The van der Waals surface area contributed by atoms with E-state index in [4.69, 9.17) is 0 Å². The number of aromatic nitrogens is 4. The van der Waals surface area contributed by atoms with Gasteiger partial charge in [-0.3, -0.25) is 4.79 Å². The SMILES string of the molecule is Cc1ccc(-n2nnnc2SC(C)C(=O)NCc2ccccc2)c(C)c1. The van der Waals surface area contributed by atoms with E-state index in [1.165, 1.54) is 17.3 Å². The van der Waals surface area contributed by atoms with Gasteiger partial charge in [0.05, 0.1) is 10.9 Å². The lowest BCUT2D eigenvalue weighted by molar-refractivity contribution is -0.120. The Bertz CT molecular complexity index is 894. The fourth-order valence-electron chi connectivity index (χ4n) is 2.59. The highest BCUT2D eigenvalue weighted by Crippen LogP contribution is 2.24. The Morgan fingerprint density at radius 1 is 1.19 bits per heavy atom. The minimum absolute atomic E-state index is 0.0472. The van der Waals surface area contributed by atoms with E-state index in [0.29, 0.717) is 11.7 Å². The van der Waals surface area contributed by atoms with E-state index in [1.54, 1.807) is 4.68 Å². The van der Waals surface area contributed by atoms with Gasteiger partial charge in [-0.2, -0.15) is 4.68 Å². The van der Waals surface area contributed by atoms with E-state index in [-0.39, 0.29) is 11.2 Å². The molecule has 134 valence electrons. The van der Waals surface area contributed by atoms with E-state index >= 15 is 0 Å². The van der Waals surface area contributed by atoms with Crippen molar-refractivity contribution in [3.8, 4) is 5.69 Å². The number of tetrazole rings is 1. The average Bonchev–Trinajstić information content (AvgIpc) is 3.08. The van der Waals surface area contributed by atoms with Crippen LogP contribution in [0.5, 0.6) is 0 Å².